The number of aliphatic carboxylic acids is 1. The Morgan fingerprint density at radius 2 is 2.15 bits per heavy atom. The van der Waals surface area contributed by atoms with Crippen LogP contribution in [0.25, 0.3) is 0 Å². The van der Waals surface area contributed by atoms with Crippen LogP contribution in [0.2, 0.25) is 5.02 Å². The minimum absolute atomic E-state index is 0.0235. The number of carboxylic acids is 1. The molecule has 2 N–H and O–H groups in total. The summed E-state index contributed by atoms with van der Waals surface area (Å²) in [6, 6.07) is 7.59. The summed E-state index contributed by atoms with van der Waals surface area (Å²) in [5.41, 5.74) is 1.09. The van der Waals surface area contributed by atoms with E-state index in [9.17, 15) is 9.59 Å². The summed E-state index contributed by atoms with van der Waals surface area (Å²) in [6.45, 7) is 0. The van der Waals surface area contributed by atoms with E-state index in [1.54, 1.807) is 0 Å². The fourth-order valence-corrected chi connectivity index (χ4v) is 3.09. The molecule has 0 radical (unpaired) electrons. The monoisotopic (exact) mass is 313 g/mol. The maximum absolute atomic E-state index is 11.7. The van der Waals surface area contributed by atoms with Crippen LogP contribution in [0.3, 0.4) is 0 Å². The lowest BCUT2D eigenvalue weighted by atomic mass is 9.80. The third-order valence-corrected chi connectivity index (χ3v) is 4.48. The minimum atomic E-state index is -0.772. The van der Waals surface area contributed by atoms with Crippen LogP contribution < -0.4 is 5.32 Å². The van der Waals surface area contributed by atoms with Crippen LogP contribution in [0, 0.1) is 5.92 Å². The van der Waals surface area contributed by atoms with E-state index in [-0.39, 0.29) is 17.9 Å². The van der Waals surface area contributed by atoms with Crippen molar-refractivity contribution in [3.05, 3.63) is 34.9 Å². The number of carbonyl (C=O) groups is 2. The zero-order valence-electron chi connectivity index (χ0n) is 10.8. The molecule has 0 aliphatic heterocycles. The fourth-order valence-electron chi connectivity index (χ4n) is 2.10. The van der Waals surface area contributed by atoms with Gasteiger partial charge in [-0.15, -0.1) is 11.8 Å². The molecule has 0 bridgehead atoms. The first-order chi connectivity index (χ1) is 9.54. The van der Waals surface area contributed by atoms with Crippen molar-refractivity contribution in [3.63, 3.8) is 0 Å². The van der Waals surface area contributed by atoms with Gasteiger partial charge in [0, 0.05) is 16.8 Å². The molecule has 0 spiro atoms. The van der Waals surface area contributed by atoms with E-state index in [1.807, 2.05) is 24.3 Å². The molecule has 0 unspecified atom stereocenters. The number of benzene rings is 1. The molecule has 1 aromatic rings. The Balaban J connectivity index is 1.63. The number of nitrogens with one attached hydrogen (secondary N) is 1. The highest BCUT2D eigenvalue weighted by atomic mass is 35.5. The summed E-state index contributed by atoms with van der Waals surface area (Å²) in [7, 11) is 0. The van der Waals surface area contributed by atoms with Gasteiger partial charge in [-0.2, -0.15) is 0 Å². The fraction of sp³-hybridized carbons (Fsp3) is 0.429. The van der Waals surface area contributed by atoms with Crippen LogP contribution in [-0.4, -0.2) is 28.8 Å². The molecule has 1 aromatic carbocycles. The van der Waals surface area contributed by atoms with Crippen molar-refractivity contribution in [2.75, 3.05) is 5.75 Å². The molecule has 0 aromatic heterocycles. The van der Waals surface area contributed by atoms with E-state index >= 15 is 0 Å². The zero-order valence-corrected chi connectivity index (χ0v) is 12.4. The first kappa shape index (κ1) is 15.2. The van der Waals surface area contributed by atoms with Crippen molar-refractivity contribution in [1.29, 1.82) is 0 Å². The molecule has 0 saturated heterocycles. The van der Waals surface area contributed by atoms with Gasteiger partial charge in [0.05, 0.1) is 11.7 Å². The summed E-state index contributed by atoms with van der Waals surface area (Å²) < 4.78 is 0. The molecule has 2 rings (SSSR count). The van der Waals surface area contributed by atoms with Crippen LogP contribution >= 0.6 is 23.4 Å². The van der Waals surface area contributed by atoms with Crippen LogP contribution in [0.1, 0.15) is 18.4 Å². The van der Waals surface area contributed by atoms with Crippen molar-refractivity contribution < 1.29 is 14.7 Å². The first-order valence-electron chi connectivity index (χ1n) is 6.39. The summed E-state index contributed by atoms with van der Waals surface area (Å²) in [6.07, 6.45) is 1.08. The van der Waals surface area contributed by atoms with Crippen molar-refractivity contribution in [1.82, 2.24) is 5.32 Å². The Kier molecular flexibility index (Phi) is 5.31. The van der Waals surface area contributed by atoms with E-state index in [0.717, 1.165) is 11.3 Å². The second-order valence-electron chi connectivity index (χ2n) is 4.89. The molecular weight excluding hydrogens is 298 g/mol. The highest BCUT2D eigenvalue weighted by Gasteiger charge is 2.35. The SMILES string of the molecule is O=C(CSCc1cccc(Cl)c1)NC1CC(C(=O)O)C1. The maximum atomic E-state index is 11.7. The van der Waals surface area contributed by atoms with Gasteiger partial charge in [-0.25, -0.2) is 0 Å². The number of halogens is 1. The Bertz CT molecular complexity index is 503. The smallest absolute Gasteiger partial charge is 0.306 e. The molecule has 4 nitrogen and oxygen atoms in total. The Morgan fingerprint density at radius 3 is 2.80 bits per heavy atom. The average molecular weight is 314 g/mol. The number of hydrogen-bond acceptors (Lipinski definition) is 3. The lowest BCUT2D eigenvalue weighted by Gasteiger charge is -2.32. The van der Waals surface area contributed by atoms with Crippen molar-refractivity contribution in [3.8, 4) is 0 Å². The maximum Gasteiger partial charge on any atom is 0.306 e. The lowest BCUT2D eigenvalue weighted by Crippen LogP contribution is -2.47. The zero-order chi connectivity index (χ0) is 14.5. The van der Waals surface area contributed by atoms with Gasteiger partial charge >= 0.3 is 5.97 Å². The summed E-state index contributed by atoms with van der Waals surface area (Å²) in [4.78, 5) is 22.3. The normalized spacial score (nSPS) is 21.1. The number of thioether (sulfide) groups is 1. The third-order valence-electron chi connectivity index (χ3n) is 3.24. The quantitative estimate of drug-likeness (QED) is 0.847. The van der Waals surface area contributed by atoms with Gasteiger partial charge in [0.2, 0.25) is 5.91 Å². The van der Waals surface area contributed by atoms with Gasteiger partial charge in [0.1, 0.15) is 0 Å². The van der Waals surface area contributed by atoms with Crippen LogP contribution in [0.15, 0.2) is 24.3 Å². The van der Waals surface area contributed by atoms with Gasteiger partial charge in [-0.3, -0.25) is 9.59 Å². The molecule has 1 saturated carbocycles. The van der Waals surface area contributed by atoms with Crippen molar-refractivity contribution >= 4 is 35.2 Å². The molecule has 0 heterocycles. The van der Waals surface area contributed by atoms with Gasteiger partial charge in [-0.05, 0) is 30.5 Å². The van der Waals surface area contributed by atoms with Crippen LogP contribution in [0.4, 0.5) is 0 Å². The second-order valence-corrected chi connectivity index (χ2v) is 6.32. The molecule has 1 amide bonds. The second kappa shape index (κ2) is 6.99. The molecule has 0 atom stereocenters. The highest BCUT2D eigenvalue weighted by molar-refractivity contribution is 7.99. The first-order valence-corrected chi connectivity index (χ1v) is 7.92. The highest BCUT2D eigenvalue weighted by Crippen LogP contribution is 2.27. The molecule has 1 aliphatic rings. The molecule has 20 heavy (non-hydrogen) atoms. The van der Waals surface area contributed by atoms with E-state index in [4.69, 9.17) is 16.7 Å². The van der Waals surface area contributed by atoms with Gasteiger partial charge in [-0.1, -0.05) is 23.7 Å². The largest absolute Gasteiger partial charge is 0.481 e. The number of amides is 1. The minimum Gasteiger partial charge on any atom is -0.481 e. The van der Waals surface area contributed by atoms with Crippen molar-refractivity contribution in [2.45, 2.75) is 24.6 Å². The number of carbonyl (C=O) groups excluding carboxylic acids is 1. The van der Waals surface area contributed by atoms with Crippen molar-refractivity contribution in [2.24, 2.45) is 5.92 Å². The summed E-state index contributed by atoms with van der Waals surface area (Å²) in [5, 5.41) is 12.3. The molecule has 6 heteroatoms. The number of rotatable bonds is 6. The summed E-state index contributed by atoms with van der Waals surface area (Å²) >= 11 is 7.40. The van der Waals surface area contributed by atoms with Gasteiger partial charge in [0.25, 0.3) is 0 Å². The predicted molar refractivity (Wildman–Crippen MR) is 79.9 cm³/mol. The van der Waals surface area contributed by atoms with Crippen LogP contribution in [0.5, 0.6) is 0 Å². The van der Waals surface area contributed by atoms with E-state index < -0.39 is 5.97 Å². The Labute approximate surface area is 126 Å². The standard InChI is InChI=1S/C14H16ClNO3S/c15-11-3-1-2-9(4-11)7-20-8-13(17)16-12-5-10(6-12)14(18)19/h1-4,10,12H,5-8H2,(H,16,17)(H,18,19). The van der Waals surface area contributed by atoms with Gasteiger partial charge < -0.3 is 10.4 Å². The lowest BCUT2D eigenvalue weighted by molar-refractivity contribution is -0.146. The Morgan fingerprint density at radius 1 is 1.40 bits per heavy atom. The third kappa shape index (κ3) is 4.42. The molecule has 108 valence electrons. The summed E-state index contributed by atoms with van der Waals surface area (Å²) in [5.74, 6) is 0.00746. The molecular formula is C14H16ClNO3S. The van der Waals surface area contributed by atoms with E-state index in [0.29, 0.717) is 23.6 Å². The van der Waals surface area contributed by atoms with E-state index in [1.165, 1.54) is 11.8 Å². The van der Waals surface area contributed by atoms with E-state index in [2.05, 4.69) is 5.32 Å². The molecule has 1 fully saturated rings. The Hall–Kier alpha value is -1.20. The number of carboxylic acid groups (broad SMARTS) is 1. The topological polar surface area (TPSA) is 66.4 Å². The van der Waals surface area contributed by atoms with Crippen LogP contribution in [-0.2, 0) is 15.3 Å². The molecule has 1 aliphatic carbocycles. The predicted octanol–water partition coefficient (Wildman–Crippen LogP) is 2.55. The number of hydrogen-bond donors (Lipinski definition) is 2. The average Bonchev–Trinajstić information content (AvgIpc) is 2.33. The van der Waals surface area contributed by atoms with Gasteiger partial charge in [0.15, 0.2) is 0 Å².